The summed E-state index contributed by atoms with van der Waals surface area (Å²) in [4.78, 5) is 0. The normalized spacial score (nSPS) is 16.6. The van der Waals surface area contributed by atoms with Crippen LogP contribution >= 0.6 is 0 Å². The maximum absolute atomic E-state index is 11.4. The lowest BCUT2D eigenvalue weighted by Gasteiger charge is -2.18. The summed E-state index contributed by atoms with van der Waals surface area (Å²) in [6, 6.07) is 2.02. The van der Waals surface area contributed by atoms with Gasteiger partial charge in [-0.1, -0.05) is 6.92 Å². The molecule has 12 heavy (non-hydrogen) atoms. The van der Waals surface area contributed by atoms with Gasteiger partial charge in [-0.15, -0.1) is 0 Å². The quantitative estimate of drug-likeness (QED) is 0.708. The fraction of sp³-hybridized carbons (Fsp3) is 0.875. The van der Waals surface area contributed by atoms with E-state index in [0.717, 1.165) is 0 Å². The second-order valence-electron chi connectivity index (χ2n) is 3.54. The molecule has 0 fully saturated rings. The molecule has 0 aliphatic heterocycles. The lowest BCUT2D eigenvalue weighted by molar-refractivity contribution is 0.575. The third-order valence-electron chi connectivity index (χ3n) is 1.35. The van der Waals surface area contributed by atoms with Crippen LogP contribution in [0.2, 0.25) is 0 Å². The third kappa shape index (κ3) is 4.47. The lowest BCUT2D eigenvalue weighted by atomic mass is 10.1. The van der Waals surface area contributed by atoms with Gasteiger partial charge in [-0.25, -0.2) is 0 Å². The number of hydrogen-bond acceptors (Lipinski definition) is 3. The number of nitrogens with zero attached hydrogens (tertiary/aromatic N) is 1. The van der Waals surface area contributed by atoms with E-state index in [1.54, 1.807) is 0 Å². The van der Waals surface area contributed by atoms with Crippen molar-refractivity contribution in [3.8, 4) is 6.07 Å². The van der Waals surface area contributed by atoms with Crippen molar-refractivity contribution < 1.29 is 4.21 Å². The molecule has 0 amide bonds. The van der Waals surface area contributed by atoms with Crippen LogP contribution in [0.4, 0.5) is 0 Å². The highest BCUT2D eigenvalue weighted by atomic mass is 32.2. The molecule has 0 aromatic heterocycles. The van der Waals surface area contributed by atoms with Crippen molar-refractivity contribution in [1.82, 2.24) is 0 Å². The molecule has 4 heteroatoms. The van der Waals surface area contributed by atoms with E-state index in [-0.39, 0.29) is 5.25 Å². The fourth-order valence-corrected chi connectivity index (χ4v) is 2.23. The zero-order chi connectivity index (χ0) is 9.78. The molecule has 70 valence electrons. The minimum Gasteiger partial charge on any atom is -0.325 e. The van der Waals surface area contributed by atoms with Gasteiger partial charge in [0.05, 0.1) is 6.07 Å². The summed E-state index contributed by atoms with van der Waals surface area (Å²) in [6.07, 6.45) is 0.624. The van der Waals surface area contributed by atoms with Crippen molar-refractivity contribution in [2.24, 2.45) is 5.73 Å². The van der Waals surface area contributed by atoms with Crippen molar-refractivity contribution in [2.75, 3.05) is 5.75 Å². The van der Waals surface area contributed by atoms with Gasteiger partial charge in [0.2, 0.25) is 0 Å². The van der Waals surface area contributed by atoms with E-state index in [1.807, 2.05) is 26.8 Å². The zero-order valence-electron chi connectivity index (χ0n) is 7.83. The van der Waals surface area contributed by atoms with Gasteiger partial charge >= 0.3 is 0 Å². The molecule has 2 unspecified atom stereocenters. The Labute approximate surface area is 76.4 Å². The maximum atomic E-state index is 11.4. The summed E-state index contributed by atoms with van der Waals surface area (Å²) >= 11 is 0. The first-order chi connectivity index (χ1) is 5.40. The molecule has 0 bridgehead atoms. The van der Waals surface area contributed by atoms with Gasteiger partial charge in [0.25, 0.3) is 0 Å². The first kappa shape index (κ1) is 11.6. The van der Waals surface area contributed by atoms with Crippen molar-refractivity contribution in [3.05, 3.63) is 0 Å². The first-order valence-electron chi connectivity index (χ1n) is 3.96. The number of nitrogens with two attached hydrogens (primary N) is 1. The molecule has 0 aromatic carbocycles. The van der Waals surface area contributed by atoms with Crippen LogP contribution in [0.25, 0.3) is 0 Å². The van der Waals surface area contributed by atoms with E-state index in [0.29, 0.717) is 12.2 Å². The minimum absolute atomic E-state index is 0.368. The van der Waals surface area contributed by atoms with E-state index in [4.69, 9.17) is 11.0 Å². The van der Waals surface area contributed by atoms with Gasteiger partial charge in [0.15, 0.2) is 0 Å². The monoisotopic (exact) mass is 188 g/mol. The van der Waals surface area contributed by atoms with Crippen LogP contribution < -0.4 is 5.73 Å². The Morgan fingerprint density at radius 2 is 2.17 bits per heavy atom. The predicted molar refractivity (Wildman–Crippen MR) is 51.0 cm³/mol. The summed E-state index contributed by atoms with van der Waals surface area (Å²) in [7, 11) is -1.11. The molecule has 3 nitrogen and oxygen atoms in total. The molecule has 0 radical (unpaired) electrons. The Bertz CT molecular complexity index is 202. The highest BCUT2D eigenvalue weighted by molar-refractivity contribution is 7.86. The average Bonchev–Trinajstić information content (AvgIpc) is 1.85. The van der Waals surface area contributed by atoms with Gasteiger partial charge in [-0.3, -0.25) is 4.21 Å². The molecule has 0 heterocycles. The topological polar surface area (TPSA) is 66.9 Å². The smallest absolute Gasteiger partial charge is 0.121 e. The van der Waals surface area contributed by atoms with Gasteiger partial charge in [-0.05, 0) is 20.3 Å². The Hall–Kier alpha value is -0.400. The maximum Gasteiger partial charge on any atom is 0.121 e. The number of rotatable bonds is 4. The van der Waals surface area contributed by atoms with Crippen LogP contribution in [0.1, 0.15) is 27.2 Å². The molecule has 0 saturated carbocycles. The lowest BCUT2D eigenvalue weighted by Crippen LogP contribution is -2.40. The highest BCUT2D eigenvalue weighted by Gasteiger charge is 2.21. The standard InChI is InChI=1S/C8H16N2OS/c1-4-7(5-9)12(11)6-8(2,3)10/h7H,4,6,10H2,1-3H3. The fourth-order valence-electron chi connectivity index (χ4n) is 0.803. The zero-order valence-corrected chi connectivity index (χ0v) is 8.65. The molecule has 2 atom stereocenters. The van der Waals surface area contributed by atoms with Crippen LogP contribution in [0.3, 0.4) is 0 Å². The van der Waals surface area contributed by atoms with Gasteiger partial charge in [0, 0.05) is 22.1 Å². The summed E-state index contributed by atoms with van der Waals surface area (Å²) in [5.74, 6) is 0.388. The summed E-state index contributed by atoms with van der Waals surface area (Å²) in [5.41, 5.74) is 5.23. The minimum atomic E-state index is -1.11. The van der Waals surface area contributed by atoms with Crippen LogP contribution in [0, 0.1) is 11.3 Å². The van der Waals surface area contributed by atoms with Gasteiger partial charge in [-0.2, -0.15) is 5.26 Å². The molecule has 0 spiro atoms. The molecular weight excluding hydrogens is 172 g/mol. The Morgan fingerprint density at radius 3 is 2.42 bits per heavy atom. The van der Waals surface area contributed by atoms with E-state index in [1.165, 1.54) is 0 Å². The van der Waals surface area contributed by atoms with Crippen molar-refractivity contribution in [2.45, 2.75) is 38.0 Å². The SMILES string of the molecule is CCC(C#N)S(=O)CC(C)(C)N. The van der Waals surface area contributed by atoms with Crippen molar-refractivity contribution in [3.63, 3.8) is 0 Å². The summed E-state index contributed by atoms with van der Waals surface area (Å²) in [5, 5.41) is 8.24. The van der Waals surface area contributed by atoms with Gasteiger partial charge in [0.1, 0.15) is 5.25 Å². The Kier molecular flexibility index (Phi) is 4.43. The van der Waals surface area contributed by atoms with E-state index >= 15 is 0 Å². The molecule has 2 N–H and O–H groups in total. The summed E-state index contributed by atoms with van der Waals surface area (Å²) in [6.45, 7) is 5.49. The van der Waals surface area contributed by atoms with Crippen LogP contribution in [-0.4, -0.2) is 20.8 Å². The van der Waals surface area contributed by atoms with Gasteiger partial charge < -0.3 is 5.73 Å². The highest BCUT2D eigenvalue weighted by Crippen LogP contribution is 2.07. The molecule has 0 rings (SSSR count). The van der Waals surface area contributed by atoms with E-state index < -0.39 is 16.3 Å². The largest absolute Gasteiger partial charge is 0.325 e. The number of nitriles is 1. The number of hydrogen-bond donors (Lipinski definition) is 1. The molecule has 0 saturated heterocycles. The van der Waals surface area contributed by atoms with E-state index in [2.05, 4.69) is 0 Å². The van der Waals surface area contributed by atoms with E-state index in [9.17, 15) is 4.21 Å². The van der Waals surface area contributed by atoms with Crippen molar-refractivity contribution in [1.29, 1.82) is 5.26 Å². The van der Waals surface area contributed by atoms with Crippen LogP contribution in [-0.2, 0) is 10.8 Å². The first-order valence-corrected chi connectivity index (χ1v) is 5.34. The Morgan fingerprint density at radius 1 is 1.67 bits per heavy atom. The molecule has 0 aromatic rings. The van der Waals surface area contributed by atoms with Crippen molar-refractivity contribution >= 4 is 10.8 Å². The van der Waals surface area contributed by atoms with Crippen LogP contribution in [0.15, 0.2) is 0 Å². The molecule has 0 aliphatic rings. The third-order valence-corrected chi connectivity index (χ3v) is 3.45. The molecule has 0 aliphatic carbocycles. The molecular formula is C8H16N2OS. The average molecular weight is 188 g/mol. The Balaban J connectivity index is 4.14. The summed E-state index contributed by atoms with van der Waals surface area (Å²) < 4.78 is 11.4. The second-order valence-corrected chi connectivity index (χ2v) is 5.16. The van der Waals surface area contributed by atoms with Crippen LogP contribution in [0.5, 0.6) is 0 Å². The second kappa shape index (κ2) is 4.58. The predicted octanol–water partition coefficient (Wildman–Crippen LogP) is 0.775.